The van der Waals surface area contributed by atoms with Gasteiger partial charge in [-0.3, -0.25) is 25.0 Å². The highest BCUT2D eigenvalue weighted by Crippen LogP contribution is 2.34. The second-order valence-electron chi connectivity index (χ2n) is 6.76. The molecule has 11 nitrogen and oxygen atoms in total. The zero-order valence-corrected chi connectivity index (χ0v) is 15.2. The molecule has 2 N–H and O–H groups in total. The lowest BCUT2D eigenvalue weighted by molar-refractivity contribution is -0.393. The first-order valence-electron chi connectivity index (χ1n) is 9.18. The van der Waals surface area contributed by atoms with E-state index in [1.54, 1.807) is 0 Å². The first-order valence-corrected chi connectivity index (χ1v) is 9.18. The molecule has 28 heavy (non-hydrogen) atoms. The number of carbonyl (C=O) groups is 1. The van der Waals surface area contributed by atoms with Crippen LogP contribution in [0.25, 0.3) is 0 Å². The predicted molar refractivity (Wildman–Crippen MR) is 98.5 cm³/mol. The number of benzene rings is 1. The van der Waals surface area contributed by atoms with E-state index in [1.165, 1.54) is 0 Å². The van der Waals surface area contributed by atoms with E-state index in [-0.39, 0.29) is 36.5 Å². The second kappa shape index (κ2) is 8.93. The third kappa shape index (κ3) is 4.73. The van der Waals surface area contributed by atoms with Crippen LogP contribution in [0.2, 0.25) is 0 Å². The number of nitro groups is 2. The molecule has 1 aromatic carbocycles. The maximum absolute atomic E-state index is 12.7. The van der Waals surface area contributed by atoms with Crippen molar-refractivity contribution < 1.29 is 24.1 Å². The lowest BCUT2D eigenvalue weighted by Gasteiger charge is -2.16. The molecule has 2 aliphatic rings. The molecular weight excluding hydrogens is 372 g/mol. The molecule has 2 fully saturated rings. The van der Waals surface area contributed by atoms with Crippen LogP contribution in [0.3, 0.4) is 0 Å². The monoisotopic (exact) mass is 394 g/mol. The van der Waals surface area contributed by atoms with Gasteiger partial charge in [0.15, 0.2) is 0 Å². The molecule has 0 aliphatic carbocycles. The van der Waals surface area contributed by atoms with Crippen molar-refractivity contribution in [2.24, 2.45) is 0 Å². The van der Waals surface area contributed by atoms with Crippen LogP contribution in [0, 0.1) is 20.2 Å². The van der Waals surface area contributed by atoms with E-state index in [0.717, 1.165) is 37.8 Å². The molecule has 1 aromatic rings. The predicted octanol–water partition coefficient (Wildman–Crippen LogP) is 2.00. The molecule has 0 radical (unpaired) electrons. The molecule has 0 bridgehead atoms. The second-order valence-corrected chi connectivity index (χ2v) is 6.76. The summed E-state index contributed by atoms with van der Waals surface area (Å²) in [6, 6.07) is 1.91. The van der Waals surface area contributed by atoms with Crippen molar-refractivity contribution in [1.29, 1.82) is 0 Å². The topological polar surface area (TPSA) is 146 Å². The van der Waals surface area contributed by atoms with Gasteiger partial charge in [0.1, 0.15) is 5.69 Å². The number of nitrogens with one attached hydrogen (secondary N) is 2. The fourth-order valence-electron chi connectivity index (χ4n) is 3.35. The van der Waals surface area contributed by atoms with Gasteiger partial charge in [-0.1, -0.05) is 0 Å². The Bertz CT molecular complexity index is 758. The molecule has 0 saturated carbocycles. The van der Waals surface area contributed by atoms with E-state index in [2.05, 4.69) is 10.6 Å². The molecule has 0 unspecified atom stereocenters. The van der Waals surface area contributed by atoms with E-state index in [4.69, 9.17) is 9.47 Å². The molecule has 2 atom stereocenters. The maximum Gasteiger partial charge on any atom is 0.300 e. The average molecular weight is 394 g/mol. The minimum Gasteiger partial charge on any atom is -0.376 e. The van der Waals surface area contributed by atoms with Crippen molar-refractivity contribution in [2.75, 3.05) is 31.6 Å². The van der Waals surface area contributed by atoms with Gasteiger partial charge in [0.25, 0.3) is 17.3 Å². The van der Waals surface area contributed by atoms with Crippen LogP contribution in [0.1, 0.15) is 36.0 Å². The quantitative estimate of drug-likeness (QED) is 0.503. The molecule has 152 valence electrons. The summed E-state index contributed by atoms with van der Waals surface area (Å²) in [4.78, 5) is 33.9. The van der Waals surface area contributed by atoms with Crippen LogP contribution < -0.4 is 10.6 Å². The first-order chi connectivity index (χ1) is 13.5. The summed E-state index contributed by atoms with van der Waals surface area (Å²) in [6.07, 6.45) is 3.15. The molecule has 2 heterocycles. The molecule has 0 spiro atoms. The Morgan fingerprint density at radius 1 is 1.04 bits per heavy atom. The van der Waals surface area contributed by atoms with Crippen molar-refractivity contribution in [3.63, 3.8) is 0 Å². The standard InChI is InChI=1S/C17H22N4O7/c22-17(19-10-13-4-2-6-28-13)14-7-11(20(23)24)8-15(21(25)26)16(14)18-9-12-3-1-5-27-12/h7-8,12-13,18H,1-6,9-10H2,(H,19,22)/t12-,13-/m1/s1. The summed E-state index contributed by atoms with van der Waals surface area (Å²) in [7, 11) is 0. The minimum atomic E-state index is -0.756. The van der Waals surface area contributed by atoms with Gasteiger partial charge in [0, 0.05) is 32.4 Å². The number of hydrogen-bond donors (Lipinski definition) is 2. The van der Waals surface area contributed by atoms with Gasteiger partial charge in [-0.25, -0.2) is 0 Å². The summed E-state index contributed by atoms with van der Waals surface area (Å²) in [5, 5.41) is 28.2. The van der Waals surface area contributed by atoms with Gasteiger partial charge >= 0.3 is 0 Å². The van der Waals surface area contributed by atoms with E-state index >= 15 is 0 Å². The van der Waals surface area contributed by atoms with E-state index in [0.29, 0.717) is 13.2 Å². The van der Waals surface area contributed by atoms with Gasteiger partial charge in [-0.2, -0.15) is 0 Å². The normalized spacial score (nSPS) is 21.4. The highest BCUT2D eigenvalue weighted by atomic mass is 16.6. The van der Waals surface area contributed by atoms with Gasteiger partial charge in [0.2, 0.25) is 0 Å². The van der Waals surface area contributed by atoms with Gasteiger partial charge in [-0.05, 0) is 25.7 Å². The Hall–Kier alpha value is -2.79. The maximum atomic E-state index is 12.7. The number of hydrogen-bond acceptors (Lipinski definition) is 8. The molecule has 1 amide bonds. The largest absolute Gasteiger partial charge is 0.376 e. The number of anilines is 1. The number of nitrogens with zero attached hydrogens (tertiary/aromatic N) is 2. The number of amides is 1. The molecule has 2 saturated heterocycles. The van der Waals surface area contributed by atoms with E-state index in [1.807, 2.05) is 0 Å². The van der Waals surface area contributed by atoms with Gasteiger partial charge in [0.05, 0.1) is 33.7 Å². The van der Waals surface area contributed by atoms with Gasteiger partial charge < -0.3 is 20.1 Å². The van der Waals surface area contributed by atoms with Crippen LogP contribution in [-0.2, 0) is 9.47 Å². The highest BCUT2D eigenvalue weighted by Gasteiger charge is 2.29. The number of non-ortho nitro benzene ring substituents is 1. The third-order valence-electron chi connectivity index (χ3n) is 4.80. The van der Waals surface area contributed by atoms with Crippen molar-refractivity contribution >= 4 is 23.0 Å². The zero-order chi connectivity index (χ0) is 20.1. The molecule has 2 aliphatic heterocycles. The summed E-state index contributed by atoms with van der Waals surface area (Å²) in [5.41, 5.74) is -1.22. The highest BCUT2D eigenvalue weighted by molar-refractivity contribution is 6.02. The molecular formula is C17H22N4O7. The number of carbonyl (C=O) groups excluding carboxylic acids is 1. The Kier molecular flexibility index (Phi) is 6.37. The van der Waals surface area contributed by atoms with Crippen molar-refractivity contribution in [2.45, 2.75) is 37.9 Å². The summed E-state index contributed by atoms with van der Waals surface area (Å²) in [5.74, 6) is -0.628. The number of ether oxygens (including phenoxy) is 2. The Balaban J connectivity index is 1.87. The molecule has 0 aromatic heterocycles. The smallest absolute Gasteiger partial charge is 0.300 e. The molecule has 11 heteroatoms. The van der Waals surface area contributed by atoms with Crippen LogP contribution in [-0.4, -0.2) is 54.3 Å². The summed E-state index contributed by atoms with van der Waals surface area (Å²) >= 11 is 0. The summed E-state index contributed by atoms with van der Waals surface area (Å²) < 4.78 is 10.9. The van der Waals surface area contributed by atoms with Crippen LogP contribution >= 0.6 is 0 Å². The third-order valence-corrected chi connectivity index (χ3v) is 4.80. The van der Waals surface area contributed by atoms with Crippen molar-refractivity contribution in [1.82, 2.24) is 5.32 Å². The number of rotatable bonds is 8. The SMILES string of the molecule is O=C(NC[C@H]1CCCO1)c1cc([N+](=O)[O-])cc([N+](=O)[O-])c1NC[C@H]1CCCO1. The zero-order valence-electron chi connectivity index (χ0n) is 15.2. The fraction of sp³-hybridized carbons (Fsp3) is 0.588. The Morgan fingerprint density at radius 3 is 2.21 bits per heavy atom. The van der Waals surface area contributed by atoms with Crippen LogP contribution in [0.5, 0.6) is 0 Å². The first kappa shape index (κ1) is 20.0. The van der Waals surface area contributed by atoms with Crippen LogP contribution in [0.15, 0.2) is 12.1 Å². The van der Waals surface area contributed by atoms with E-state index < -0.39 is 27.1 Å². The lowest BCUT2D eigenvalue weighted by atomic mass is 10.1. The van der Waals surface area contributed by atoms with Crippen molar-refractivity contribution in [3.8, 4) is 0 Å². The summed E-state index contributed by atoms with van der Waals surface area (Å²) in [6.45, 7) is 1.74. The average Bonchev–Trinajstić information content (AvgIpc) is 3.37. The van der Waals surface area contributed by atoms with E-state index in [9.17, 15) is 25.0 Å². The van der Waals surface area contributed by atoms with Crippen LogP contribution in [0.4, 0.5) is 17.1 Å². The van der Waals surface area contributed by atoms with Crippen molar-refractivity contribution in [3.05, 3.63) is 37.9 Å². The Labute approximate surface area is 160 Å². The lowest BCUT2D eigenvalue weighted by Crippen LogP contribution is -2.32. The number of nitro benzene ring substituents is 2. The fourth-order valence-corrected chi connectivity index (χ4v) is 3.35. The Morgan fingerprint density at radius 2 is 1.68 bits per heavy atom. The molecule has 3 rings (SSSR count). The van der Waals surface area contributed by atoms with Gasteiger partial charge in [-0.15, -0.1) is 0 Å². The minimum absolute atomic E-state index is 0.0454.